The smallest absolute Gasteiger partial charge is 0.275 e. The molecule has 1 amide bonds. The van der Waals surface area contributed by atoms with Crippen molar-refractivity contribution in [2.45, 2.75) is 34.1 Å². The molecule has 1 aromatic heterocycles. The van der Waals surface area contributed by atoms with Gasteiger partial charge in [-0.05, 0) is 69.0 Å². The number of hydrogen-bond donors (Lipinski definition) is 1. The number of nitrogens with zero attached hydrogens (tertiary/aromatic N) is 2. The van der Waals surface area contributed by atoms with Gasteiger partial charge >= 0.3 is 0 Å². The summed E-state index contributed by atoms with van der Waals surface area (Å²) in [4.78, 5) is 24.8. The third-order valence-corrected chi connectivity index (χ3v) is 4.95. The summed E-state index contributed by atoms with van der Waals surface area (Å²) >= 11 is 0. The van der Waals surface area contributed by atoms with Gasteiger partial charge in [-0.15, -0.1) is 0 Å². The molecule has 0 aliphatic heterocycles. The maximum Gasteiger partial charge on any atom is 0.275 e. The van der Waals surface area contributed by atoms with Gasteiger partial charge < -0.3 is 10.1 Å². The van der Waals surface area contributed by atoms with E-state index in [-0.39, 0.29) is 11.1 Å². The van der Waals surface area contributed by atoms with Gasteiger partial charge in [-0.1, -0.05) is 24.3 Å². The van der Waals surface area contributed by atoms with Crippen molar-refractivity contribution >= 4 is 5.91 Å². The highest BCUT2D eigenvalue weighted by atomic mass is 16.5. The highest BCUT2D eigenvalue weighted by Gasteiger charge is 2.15. The average Bonchev–Trinajstić information content (AvgIpc) is 2.71. The van der Waals surface area contributed by atoms with Crippen molar-refractivity contribution in [3.63, 3.8) is 0 Å². The zero-order chi connectivity index (χ0) is 21.7. The van der Waals surface area contributed by atoms with E-state index in [0.29, 0.717) is 25.3 Å². The van der Waals surface area contributed by atoms with E-state index in [4.69, 9.17) is 4.74 Å². The highest BCUT2D eigenvalue weighted by Crippen LogP contribution is 2.23. The van der Waals surface area contributed by atoms with E-state index in [9.17, 15) is 9.59 Å². The lowest BCUT2D eigenvalue weighted by Crippen LogP contribution is -2.33. The molecule has 6 nitrogen and oxygen atoms in total. The topological polar surface area (TPSA) is 73.2 Å². The second-order valence-electron chi connectivity index (χ2n) is 7.41. The van der Waals surface area contributed by atoms with Gasteiger partial charge in [-0.25, -0.2) is 4.68 Å². The Morgan fingerprint density at radius 1 is 1.07 bits per heavy atom. The minimum Gasteiger partial charge on any atom is -0.493 e. The van der Waals surface area contributed by atoms with Crippen molar-refractivity contribution in [1.82, 2.24) is 15.1 Å². The Hall–Kier alpha value is -3.41. The maximum atomic E-state index is 12.5. The first-order chi connectivity index (χ1) is 14.4. The molecule has 0 atom stereocenters. The summed E-state index contributed by atoms with van der Waals surface area (Å²) in [5.74, 6) is 0.386. The van der Waals surface area contributed by atoms with Gasteiger partial charge in [-0.2, -0.15) is 5.10 Å². The van der Waals surface area contributed by atoms with Gasteiger partial charge in [0.2, 0.25) is 5.43 Å². The van der Waals surface area contributed by atoms with E-state index in [2.05, 4.69) is 23.4 Å². The third kappa shape index (κ3) is 4.95. The molecule has 0 aliphatic rings. The minimum atomic E-state index is -0.479. The van der Waals surface area contributed by atoms with Crippen LogP contribution in [0.1, 0.15) is 39.3 Å². The van der Waals surface area contributed by atoms with Crippen molar-refractivity contribution in [2.24, 2.45) is 0 Å². The molecule has 156 valence electrons. The number of aryl methyl sites for hydroxylation is 3. The first kappa shape index (κ1) is 21.3. The second kappa shape index (κ2) is 9.39. The van der Waals surface area contributed by atoms with Crippen LogP contribution in [0.25, 0.3) is 5.69 Å². The number of rotatable bonds is 7. The lowest BCUT2D eigenvalue weighted by Gasteiger charge is -2.13. The summed E-state index contributed by atoms with van der Waals surface area (Å²) in [7, 11) is 0. The predicted molar refractivity (Wildman–Crippen MR) is 118 cm³/mol. The van der Waals surface area contributed by atoms with Crippen LogP contribution in [-0.4, -0.2) is 28.8 Å². The summed E-state index contributed by atoms with van der Waals surface area (Å²) in [5, 5.41) is 7.05. The quantitative estimate of drug-likeness (QED) is 0.609. The van der Waals surface area contributed by atoms with Crippen molar-refractivity contribution in [2.75, 3.05) is 13.2 Å². The SMILES string of the molecule is Cc1cc(C)c(C)c(OCCCNC(=O)c2nn(-c3ccccc3)c(C)cc2=O)c1. The molecule has 2 aromatic carbocycles. The molecule has 0 radical (unpaired) electrons. The Morgan fingerprint density at radius 2 is 1.80 bits per heavy atom. The number of nitrogens with one attached hydrogen (secondary N) is 1. The molecule has 1 heterocycles. The van der Waals surface area contributed by atoms with Crippen LogP contribution < -0.4 is 15.5 Å². The lowest BCUT2D eigenvalue weighted by atomic mass is 10.1. The summed E-state index contributed by atoms with van der Waals surface area (Å²) in [6, 6.07) is 15.0. The Labute approximate surface area is 176 Å². The standard InChI is InChI=1S/C24H27N3O3/c1-16-13-17(2)19(4)22(14-16)30-12-8-11-25-24(29)23-21(28)15-18(3)27(26-23)20-9-6-5-7-10-20/h5-7,9-10,13-15H,8,11-12H2,1-4H3,(H,25,29). The average molecular weight is 405 g/mol. The fraction of sp³-hybridized carbons (Fsp3) is 0.292. The van der Waals surface area contributed by atoms with Crippen molar-refractivity contribution in [3.05, 3.63) is 86.8 Å². The molecule has 0 fully saturated rings. The lowest BCUT2D eigenvalue weighted by molar-refractivity contribution is 0.0943. The fourth-order valence-electron chi connectivity index (χ4n) is 3.23. The Morgan fingerprint density at radius 3 is 2.53 bits per heavy atom. The number of para-hydroxylation sites is 1. The van der Waals surface area contributed by atoms with Gasteiger partial charge in [0.15, 0.2) is 5.69 Å². The van der Waals surface area contributed by atoms with Gasteiger partial charge in [0, 0.05) is 18.3 Å². The first-order valence-corrected chi connectivity index (χ1v) is 10.0. The third-order valence-electron chi connectivity index (χ3n) is 4.95. The fourth-order valence-corrected chi connectivity index (χ4v) is 3.23. The largest absolute Gasteiger partial charge is 0.493 e. The zero-order valence-electron chi connectivity index (χ0n) is 17.9. The van der Waals surface area contributed by atoms with E-state index in [1.165, 1.54) is 11.6 Å². The number of hydrogen-bond acceptors (Lipinski definition) is 4. The van der Waals surface area contributed by atoms with E-state index in [1.807, 2.05) is 50.2 Å². The van der Waals surface area contributed by atoms with Crippen LogP contribution in [0.5, 0.6) is 5.75 Å². The molecule has 0 bridgehead atoms. The number of carbonyl (C=O) groups is 1. The summed E-state index contributed by atoms with van der Waals surface area (Å²) < 4.78 is 7.47. The van der Waals surface area contributed by atoms with Crippen LogP contribution >= 0.6 is 0 Å². The molecule has 6 heteroatoms. The molecule has 3 aromatic rings. The van der Waals surface area contributed by atoms with Crippen molar-refractivity contribution in [3.8, 4) is 11.4 Å². The van der Waals surface area contributed by atoms with Gasteiger partial charge in [0.1, 0.15) is 5.75 Å². The molecular formula is C24H27N3O3. The Kier molecular flexibility index (Phi) is 6.67. The summed E-state index contributed by atoms with van der Waals surface area (Å²) in [6.45, 7) is 8.78. The van der Waals surface area contributed by atoms with E-state index in [0.717, 1.165) is 22.6 Å². The molecular weight excluding hydrogens is 378 g/mol. The number of aromatic nitrogens is 2. The maximum absolute atomic E-state index is 12.5. The van der Waals surface area contributed by atoms with Crippen LogP contribution in [0.2, 0.25) is 0 Å². The van der Waals surface area contributed by atoms with E-state index in [1.54, 1.807) is 11.6 Å². The first-order valence-electron chi connectivity index (χ1n) is 10.0. The van der Waals surface area contributed by atoms with Crippen LogP contribution in [0.15, 0.2) is 53.3 Å². The van der Waals surface area contributed by atoms with Crippen molar-refractivity contribution in [1.29, 1.82) is 0 Å². The van der Waals surface area contributed by atoms with Crippen molar-refractivity contribution < 1.29 is 9.53 Å². The minimum absolute atomic E-state index is 0.115. The number of amides is 1. The normalized spacial score (nSPS) is 10.7. The van der Waals surface area contributed by atoms with E-state index < -0.39 is 5.91 Å². The highest BCUT2D eigenvalue weighted by molar-refractivity contribution is 5.92. The summed E-state index contributed by atoms with van der Waals surface area (Å²) in [6.07, 6.45) is 0.622. The molecule has 0 unspecified atom stereocenters. The predicted octanol–water partition coefficient (Wildman–Crippen LogP) is 3.67. The number of benzene rings is 2. The Balaban J connectivity index is 1.60. The van der Waals surface area contributed by atoms with Crippen LogP contribution in [0, 0.1) is 27.7 Å². The molecule has 30 heavy (non-hydrogen) atoms. The zero-order valence-corrected chi connectivity index (χ0v) is 17.9. The monoisotopic (exact) mass is 405 g/mol. The second-order valence-corrected chi connectivity index (χ2v) is 7.41. The number of ether oxygens (including phenoxy) is 1. The molecule has 0 spiro atoms. The molecule has 3 rings (SSSR count). The number of carbonyl (C=O) groups excluding carboxylic acids is 1. The van der Waals surface area contributed by atoms with Crippen LogP contribution in [0.4, 0.5) is 0 Å². The molecule has 1 N–H and O–H groups in total. The summed E-state index contributed by atoms with van der Waals surface area (Å²) in [5.41, 5.74) is 4.42. The molecule has 0 saturated carbocycles. The Bertz CT molecular complexity index is 1100. The molecule has 0 aliphatic carbocycles. The molecule has 0 saturated heterocycles. The van der Waals surface area contributed by atoms with Gasteiger partial charge in [-0.3, -0.25) is 9.59 Å². The van der Waals surface area contributed by atoms with Gasteiger partial charge in [0.25, 0.3) is 5.91 Å². The van der Waals surface area contributed by atoms with Gasteiger partial charge in [0.05, 0.1) is 12.3 Å². The van der Waals surface area contributed by atoms with Crippen LogP contribution in [-0.2, 0) is 0 Å². The van der Waals surface area contributed by atoms with E-state index >= 15 is 0 Å². The van der Waals surface area contributed by atoms with Crippen LogP contribution in [0.3, 0.4) is 0 Å².